The third kappa shape index (κ3) is 8.92. The minimum absolute atomic E-state index is 0.115. The number of unbranched alkanes of at least 4 members (excludes halogenated alkanes) is 6. The molecule has 3 rings (SSSR count). The molecule has 0 atom stereocenters. The molecule has 2 aromatic carbocycles. The van der Waals surface area contributed by atoms with Crippen LogP contribution in [-0.4, -0.2) is 18.5 Å². The lowest BCUT2D eigenvalue weighted by Gasteiger charge is -2.23. The highest BCUT2D eigenvalue weighted by molar-refractivity contribution is 7.97. The average Bonchev–Trinajstić information content (AvgIpc) is 2.86. The summed E-state index contributed by atoms with van der Waals surface area (Å²) >= 11 is 0. The molecule has 0 N–H and O–H groups in total. The summed E-state index contributed by atoms with van der Waals surface area (Å²) in [5.41, 5.74) is 0. The molecule has 0 radical (unpaired) electrons. The highest BCUT2D eigenvalue weighted by atomic mass is 32.2. The molecule has 1 aliphatic rings. The molecule has 0 spiro atoms. The predicted octanol–water partition coefficient (Wildman–Crippen LogP) is 8.97. The minimum atomic E-state index is 0.115. The lowest BCUT2D eigenvalue weighted by molar-refractivity contribution is 0.305. The van der Waals surface area contributed by atoms with E-state index < -0.39 is 0 Å². The van der Waals surface area contributed by atoms with Gasteiger partial charge in [0.05, 0.1) is 24.1 Å². The first-order valence-corrected chi connectivity index (χ1v) is 14.8. The maximum Gasteiger partial charge on any atom is 0.161 e. The molecule has 0 unspecified atom stereocenters. The van der Waals surface area contributed by atoms with Gasteiger partial charge in [-0.3, -0.25) is 0 Å². The van der Waals surface area contributed by atoms with Gasteiger partial charge in [0.1, 0.15) is 16.7 Å². The Morgan fingerprint density at radius 1 is 0.606 bits per heavy atom. The standard InChI is InChI=1S/C30H45O2S/c1-3-5-7-12-24-31-26-16-20-29(21-17-26)33(28-14-10-9-11-15-28)30-22-18-27(19-23-30)32-25-13-8-6-4-2/h16-23,28H,3-15,24-25H2,1-2H3/q+1. The van der Waals surface area contributed by atoms with Gasteiger partial charge in [-0.1, -0.05) is 58.8 Å². The van der Waals surface area contributed by atoms with E-state index in [1.165, 1.54) is 80.4 Å². The number of rotatable bonds is 15. The fourth-order valence-electron chi connectivity index (χ4n) is 4.62. The molecule has 33 heavy (non-hydrogen) atoms. The number of hydrogen-bond acceptors (Lipinski definition) is 2. The van der Waals surface area contributed by atoms with Crippen molar-refractivity contribution in [1.82, 2.24) is 0 Å². The smallest absolute Gasteiger partial charge is 0.161 e. The Morgan fingerprint density at radius 2 is 1.06 bits per heavy atom. The summed E-state index contributed by atoms with van der Waals surface area (Å²) in [6.45, 7) is 6.15. The fourth-order valence-corrected chi connectivity index (χ4v) is 7.33. The fraction of sp³-hybridized carbons (Fsp3) is 0.600. The van der Waals surface area contributed by atoms with Gasteiger partial charge in [-0.2, -0.15) is 0 Å². The molecule has 0 saturated heterocycles. The van der Waals surface area contributed by atoms with Crippen LogP contribution in [0.4, 0.5) is 0 Å². The summed E-state index contributed by atoms with van der Waals surface area (Å²) < 4.78 is 12.0. The molecule has 182 valence electrons. The summed E-state index contributed by atoms with van der Waals surface area (Å²) in [5.74, 6) is 2.02. The normalized spacial score (nSPS) is 14.5. The largest absolute Gasteiger partial charge is 0.494 e. The summed E-state index contributed by atoms with van der Waals surface area (Å²) in [6.07, 6.45) is 16.8. The maximum absolute atomic E-state index is 6.00. The van der Waals surface area contributed by atoms with Gasteiger partial charge in [0.15, 0.2) is 9.79 Å². The van der Waals surface area contributed by atoms with Crippen LogP contribution in [0.2, 0.25) is 0 Å². The minimum Gasteiger partial charge on any atom is -0.494 e. The van der Waals surface area contributed by atoms with Crippen LogP contribution in [0.3, 0.4) is 0 Å². The molecule has 0 aliphatic heterocycles. The Hall–Kier alpha value is -1.61. The van der Waals surface area contributed by atoms with E-state index in [9.17, 15) is 0 Å². The van der Waals surface area contributed by atoms with Crippen molar-refractivity contribution in [1.29, 1.82) is 0 Å². The first kappa shape index (κ1) is 26.0. The third-order valence-electron chi connectivity index (χ3n) is 6.57. The molecular formula is C30H45O2S+. The van der Waals surface area contributed by atoms with Crippen molar-refractivity contribution in [2.24, 2.45) is 0 Å². The Balaban J connectivity index is 1.64. The van der Waals surface area contributed by atoms with Gasteiger partial charge >= 0.3 is 0 Å². The molecule has 1 fully saturated rings. The van der Waals surface area contributed by atoms with Crippen LogP contribution in [0.15, 0.2) is 58.3 Å². The first-order valence-electron chi connectivity index (χ1n) is 13.5. The van der Waals surface area contributed by atoms with E-state index in [2.05, 4.69) is 62.4 Å². The van der Waals surface area contributed by atoms with Crippen LogP contribution in [0, 0.1) is 0 Å². The number of benzene rings is 2. The quantitative estimate of drug-likeness (QED) is 0.191. The van der Waals surface area contributed by atoms with E-state index in [4.69, 9.17) is 9.47 Å². The lowest BCUT2D eigenvalue weighted by Crippen LogP contribution is -2.24. The Labute approximate surface area is 205 Å². The van der Waals surface area contributed by atoms with Crippen LogP contribution in [0.1, 0.15) is 97.3 Å². The number of ether oxygens (including phenoxy) is 2. The van der Waals surface area contributed by atoms with Gasteiger partial charge in [0.2, 0.25) is 0 Å². The summed E-state index contributed by atoms with van der Waals surface area (Å²) in [4.78, 5) is 2.90. The Morgan fingerprint density at radius 3 is 1.48 bits per heavy atom. The molecule has 2 aromatic rings. The second-order valence-corrected chi connectivity index (χ2v) is 11.6. The van der Waals surface area contributed by atoms with Crippen LogP contribution in [-0.2, 0) is 10.9 Å². The first-order chi connectivity index (χ1) is 16.3. The summed E-state index contributed by atoms with van der Waals surface area (Å²) in [7, 11) is 0.115. The summed E-state index contributed by atoms with van der Waals surface area (Å²) in [5, 5.41) is 0.750. The van der Waals surface area contributed by atoms with Gasteiger partial charge in [-0.15, -0.1) is 0 Å². The van der Waals surface area contributed by atoms with E-state index in [0.717, 1.165) is 42.8 Å². The van der Waals surface area contributed by atoms with E-state index in [1.807, 2.05) is 0 Å². The van der Waals surface area contributed by atoms with Crippen molar-refractivity contribution >= 4 is 10.9 Å². The van der Waals surface area contributed by atoms with Crippen molar-refractivity contribution in [3.63, 3.8) is 0 Å². The van der Waals surface area contributed by atoms with E-state index in [0.29, 0.717) is 0 Å². The van der Waals surface area contributed by atoms with Crippen LogP contribution < -0.4 is 9.47 Å². The van der Waals surface area contributed by atoms with Crippen LogP contribution >= 0.6 is 0 Å². The second kappa shape index (κ2) is 15.3. The number of hydrogen-bond donors (Lipinski definition) is 0. The predicted molar refractivity (Wildman–Crippen MR) is 143 cm³/mol. The molecule has 0 bridgehead atoms. The highest BCUT2D eigenvalue weighted by Gasteiger charge is 2.36. The van der Waals surface area contributed by atoms with E-state index >= 15 is 0 Å². The molecule has 2 nitrogen and oxygen atoms in total. The van der Waals surface area contributed by atoms with Crippen LogP contribution in [0.25, 0.3) is 0 Å². The van der Waals surface area contributed by atoms with Crippen molar-refractivity contribution in [3.05, 3.63) is 48.5 Å². The van der Waals surface area contributed by atoms with E-state index in [-0.39, 0.29) is 10.9 Å². The molecule has 0 heterocycles. The summed E-state index contributed by atoms with van der Waals surface area (Å²) in [6, 6.07) is 18.0. The zero-order valence-electron chi connectivity index (χ0n) is 21.0. The zero-order chi connectivity index (χ0) is 23.1. The topological polar surface area (TPSA) is 18.5 Å². The zero-order valence-corrected chi connectivity index (χ0v) is 21.8. The Bertz CT molecular complexity index is 692. The van der Waals surface area contributed by atoms with Gasteiger partial charge in [-0.05, 0) is 87.1 Å². The van der Waals surface area contributed by atoms with Gasteiger partial charge in [0, 0.05) is 0 Å². The van der Waals surface area contributed by atoms with Gasteiger partial charge in [-0.25, -0.2) is 0 Å². The average molecular weight is 470 g/mol. The van der Waals surface area contributed by atoms with Crippen LogP contribution in [0.5, 0.6) is 11.5 Å². The lowest BCUT2D eigenvalue weighted by atomic mass is 10.0. The monoisotopic (exact) mass is 469 g/mol. The van der Waals surface area contributed by atoms with Gasteiger partial charge < -0.3 is 9.47 Å². The SMILES string of the molecule is CCCCCCOc1ccc([S+](c2ccc(OCCCCCC)cc2)C2CCCCC2)cc1. The molecular weight excluding hydrogens is 424 g/mol. The highest BCUT2D eigenvalue weighted by Crippen LogP contribution is 2.36. The molecule has 1 saturated carbocycles. The molecule has 0 amide bonds. The maximum atomic E-state index is 6.00. The Kier molecular flexibility index (Phi) is 12.1. The van der Waals surface area contributed by atoms with Crippen molar-refractivity contribution in [3.8, 4) is 11.5 Å². The second-order valence-electron chi connectivity index (χ2n) is 9.36. The van der Waals surface area contributed by atoms with Crippen molar-refractivity contribution < 1.29 is 9.47 Å². The molecule has 1 aliphatic carbocycles. The van der Waals surface area contributed by atoms with Crippen molar-refractivity contribution in [2.45, 2.75) is 112 Å². The third-order valence-corrected chi connectivity index (χ3v) is 9.27. The molecule has 0 aromatic heterocycles. The van der Waals surface area contributed by atoms with E-state index in [1.54, 1.807) is 0 Å². The van der Waals surface area contributed by atoms with Gasteiger partial charge in [0.25, 0.3) is 0 Å². The molecule has 3 heteroatoms. The van der Waals surface area contributed by atoms with Crippen molar-refractivity contribution in [2.75, 3.05) is 13.2 Å².